The summed E-state index contributed by atoms with van der Waals surface area (Å²) in [4.78, 5) is 0. The second-order valence-electron chi connectivity index (χ2n) is 4.88. The first-order valence-corrected chi connectivity index (χ1v) is 6.70. The lowest BCUT2D eigenvalue weighted by molar-refractivity contribution is -0.0273. The van der Waals surface area contributed by atoms with E-state index in [4.69, 9.17) is 4.74 Å². The molecule has 0 aliphatic heterocycles. The molecule has 2 rings (SSSR count). The molecule has 1 unspecified atom stereocenters. The Kier molecular flexibility index (Phi) is 4.38. The summed E-state index contributed by atoms with van der Waals surface area (Å²) in [5.74, 6) is 0. The highest BCUT2D eigenvalue weighted by molar-refractivity contribution is 5.15. The maximum Gasteiger partial charge on any atom is 0.0870 e. The fourth-order valence-electron chi connectivity index (χ4n) is 2.39. The summed E-state index contributed by atoms with van der Waals surface area (Å²) in [5, 5.41) is 0. The van der Waals surface area contributed by atoms with E-state index in [-0.39, 0.29) is 5.60 Å². The van der Waals surface area contributed by atoms with E-state index < -0.39 is 0 Å². The van der Waals surface area contributed by atoms with Crippen molar-refractivity contribution in [2.24, 2.45) is 0 Å². The monoisotopic (exact) mass is 230 g/mol. The molecule has 1 aromatic carbocycles. The van der Waals surface area contributed by atoms with E-state index in [0.29, 0.717) is 0 Å². The van der Waals surface area contributed by atoms with Gasteiger partial charge in [0, 0.05) is 0 Å². The number of ether oxygens (including phenoxy) is 1. The zero-order chi connectivity index (χ0) is 12.0. The maximum absolute atomic E-state index is 6.19. The molecule has 0 amide bonds. The lowest BCUT2D eigenvalue weighted by Crippen LogP contribution is -2.27. The molecule has 1 nitrogen and oxygen atoms in total. The van der Waals surface area contributed by atoms with Gasteiger partial charge < -0.3 is 4.74 Å². The van der Waals surface area contributed by atoms with E-state index >= 15 is 0 Å². The van der Waals surface area contributed by atoms with Gasteiger partial charge in [0.15, 0.2) is 0 Å². The number of rotatable bonds is 6. The largest absolute Gasteiger partial charge is 0.366 e. The van der Waals surface area contributed by atoms with Crippen LogP contribution in [0.4, 0.5) is 0 Å². The van der Waals surface area contributed by atoms with Gasteiger partial charge in [-0.25, -0.2) is 0 Å². The minimum atomic E-state index is 0.0197. The van der Waals surface area contributed by atoms with E-state index in [1.54, 1.807) is 0 Å². The van der Waals surface area contributed by atoms with Crippen LogP contribution in [0.1, 0.15) is 44.6 Å². The summed E-state index contributed by atoms with van der Waals surface area (Å²) in [5.41, 5.74) is 1.29. The average Bonchev–Trinajstić information content (AvgIpc) is 2.85. The highest BCUT2D eigenvalue weighted by Gasteiger charge is 2.29. The van der Waals surface area contributed by atoms with Crippen LogP contribution in [0, 0.1) is 0 Å². The highest BCUT2D eigenvalue weighted by Crippen LogP contribution is 2.32. The van der Waals surface area contributed by atoms with Gasteiger partial charge in [-0.05, 0) is 24.8 Å². The molecule has 0 radical (unpaired) electrons. The predicted molar refractivity (Wildman–Crippen MR) is 71.9 cm³/mol. The van der Waals surface area contributed by atoms with Crippen LogP contribution in [0.15, 0.2) is 42.5 Å². The number of allylic oxidation sites excluding steroid dienone is 1. The Labute approximate surface area is 104 Å². The number of unbranched alkanes of at least 4 members (excludes halogenated alkanes) is 1. The molecule has 1 aliphatic carbocycles. The zero-order valence-corrected chi connectivity index (χ0v) is 10.7. The summed E-state index contributed by atoms with van der Waals surface area (Å²) in [6.45, 7) is 2.97. The van der Waals surface area contributed by atoms with Crippen molar-refractivity contribution in [3.8, 4) is 0 Å². The van der Waals surface area contributed by atoms with Crippen molar-refractivity contribution in [1.82, 2.24) is 0 Å². The Morgan fingerprint density at radius 2 is 2.06 bits per heavy atom. The first kappa shape index (κ1) is 12.4. The van der Waals surface area contributed by atoms with Gasteiger partial charge in [0.05, 0.1) is 12.2 Å². The van der Waals surface area contributed by atoms with Crippen LogP contribution in [-0.2, 0) is 11.3 Å². The second kappa shape index (κ2) is 6.02. The smallest absolute Gasteiger partial charge is 0.0870 e. The molecule has 0 N–H and O–H groups in total. The minimum Gasteiger partial charge on any atom is -0.366 e. The molecule has 0 heterocycles. The third-order valence-electron chi connectivity index (χ3n) is 3.48. The lowest BCUT2D eigenvalue weighted by Gasteiger charge is -2.28. The van der Waals surface area contributed by atoms with Gasteiger partial charge >= 0.3 is 0 Å². The van der Waals surface area contributed by atoms with Gasteiger partial charge in [0.2, 0.25) is 0 Å². The van der Waals surface area contributed by atoms with Crippen molar-refractivity contribution < 1.29 is 4.74 Å². The molecule has 0 aromatic heterocycles. The molecule has 0 saturated heterocycles. The van der Waals surface area contributed by atoms with Crippen molar-refractivity contribution in [1.29, 1.82) is 0 Å². The molecular formula is C16H22O. The predicted octanol–water partition coefficient (Wildman–Crippen LogP) is 4.48. The number of hydrogen-bond acceptors (Lipinski definition) is 1. The minimum absolute atomic E-state index is 0.0197. The summed E-state index contributed by atoms with van der Waals surface area (Å²) < 4.78 is 6.19. The molecule has 0 saturated carbocycles. The molecular weight excluding hydrogens is 208 g/mol. The quantitative estimate of drug-likeness (QED) is 0.655. The Morgan fingerprint density at radius 3 is 2.71 bits per heavy atom. The Hall–Kier alpha value is -1.08. The second-order valence-corrected chi connectivity index (χ2v) is 4.88. The van der Waals surface area contributed by atoms with Gasteiger partial charge in [0.25, 0.3) is 0 Å². The Morgan fingerprint density at radius 1 is 1.24 bits per heavy atom. The van der Waals surface area contributed by atoms with Crippen LogP contribution in [0.2, 0.25) is 0 Å². The number of hydrogen-bond donors (Lipinski definition) is 0. The van der Waals surface area contributed by atoms with Crippen LogP contribution in [0.3, 0.4) is 0 Å². The van der Waals surface area contributed by atoms with Crippen molar-refractivity contribution in [3.63, 3.8) is 0 Å². The molecule has 92 valence electrons. The molecule has 1 atom stereocenters. The molecule has 0 fully saturated rings. The highest BCUT2D eigenvalue weighted by atomic mass is 16.5. The average molecular weight is 230 g/mol. The SMILES string of the molecule is CCCCC1(OCc2ccccc2)C=CCC1. The van der Waals surface area contributed by atoms with Crippen molar-refractivity contribution in [2.75, 3.05) is 0 Å². The van der Waals surface area contributed by atoms with Crippen molar-refractivity contribution in [3.05, 3.63) is 48.0 Å². The summed E-state index contributed by atoms with van der Waals surface area (Å²) in [7, 11) is 0. The lowest BCUT2D eigenvalue weighted by atomic mass is 9.96. The molecule has 0 spiro atoms. The Bertz CT molecular complexity index is 355. The van der Waals surface area contributed by atoms with Crippen LogP contribution < -0.4 is 0 Å². The fourth-order valence-corrected chi connectivity index (χ4v) is 2.39. The van der Waals surface area contributed by atoms with Gasteiger partial charge in [0.1, 0.15) is 0 Å². The van der Waals surface area contributed by atoms with E-state index in [2.05, 4.69) is 43.3 Å². The maximum atomic E-state index is 6.19. The zero-order valence-electron chi connectivity index (χ0n) is 10.7. The number of benzene rings is 1. The van der Waals surface area contributed by atoms with Gasteiger partial charge in [-0.3, -0.25) is 0 Å². The normalized spacial score (nSPS) is 23.1. The molecule has 1 aliphatic rings. The van der Waals surface area contributed by atoms with E-state index in [9.17, 15) is 0 Å². The third kappa shape index (κ3) is 3.44. The van der Waals surface area contributed by atoms with Crippen LogP contribution >= 0.6 is 0 Å². The van der Waals surface area contributed by atoms with E-state index in [0.717, 1.165) is 19.4 Å². The summed E-state index contributed by atoms with van der Waals surface area (Å²) in [6.07, 6.45) is 10.5. The Balaban J connectivity index is 1.92. The fraction of sp³-hybridized carbons (Fsp3) is 0.500. The van der Waals surface area contributed by atoms with E-state index in [1.165, 1.54) is 24.8 Å². The van der Waals surface area contributed by atoms with Crippen molar-refractivity contribution in [2.45, 2.75) is 51.2 Å². The van der Waals surface area contributed by atoms with Crippen LogP contribution in [0.25, 0.3) is 0 Å². The third-order valence-corrected chi connectivity index (χ3v) is 3.48. The van der Waals surface area contributed by atoms with Gasteiger partial charge in [-0.2, -0.15) is 0 Å². The van der Waals surface area contributed by atoms with Crippen molar-refractivity contribution >= 4 is 0 Å². The summed E-state index contributed by atoms with van der Waals surface area (Å²) >= 11 is 0. The molecule has 17 heavy (non-hydrogen) atoms. The first-order valence-electron chi connectivity index (χ1n) is 6.70. The standard InChI is InChI=1S/C16H22O/c1-2-3-11-16(12-7-8-13-16)17-14-15-9-5-4-6-10-15/h4-7,9-10,12H,2-3,8,11,13-14H2,1H3. The van der Waals surface area contributed by atoms with Crippen LogP contribution in [0.5, 0.6) is 0 Å². The van der Waals surface area contributed by atoms with Gasteiger partial charge in [-0.1, -0.05) is 62.2 Å². The van der Waals surface area contributed by atoms with Gasteiger partial charge in [-0.15, -0.1) is 0 Å². The molecule has 1 aromatic rings. The first-order chi connectivity index (χ1) is 8.35. The molecule has 1 heteroatoms. The van der Waals surface area contributed by atoms with E-state index in [1.807, 2.05) is 6.07 Å². The topological polar surface area (TPSA) is 9.23 Å². The molecule has 0 bridgehead atoms. The summed E-state index contributed by atoms with van der Waals surface area (Å²) in [6, 6.07) is 10.5. The van der Waals surface area contributed by atoms with Crippen LogP contribution in [-0.4, -0.2) is 5.60 Å².